The van der Waals surface area contributed by atoms with Crippen molar-refractivity contribution in [3.8, 4) is 0 Å². The van der Waals surface area contributed by atoms with Gasteiger partial charge in [0.2, 0.25) is 0 Å². The molecule has 7 rings (SSSR count). The molecule has 2 saturated carbocycles. The number of aryl methyl sites for hydroxylation is 1. The molecule has 15 heteroatoms. The molecule has 1 saturated heterocycles. The van der Waals surface area contributed by atoms with E-state index in [2.05, 4.69) is 5.32 Å². The van der Waals surface area contributed by atoms with E-state index >= 15 is 4.79 Å². The zero-order valence-electron chi connectivity index (χ0n) is 36.2. The minimum atomic E-state index is -2.40. The second-order valence-corrected chi connectivity index (χ2v) is 17.9. The fraction of sp³-hybridized carbons (Fsp3) is 0.458. The van der Waals surface area contributed by atoms with Crippen LogP contribution in [0, 0.1) is 23.7 Å². The molecule has 11 atom stereocenters. The zero-order chi connectivity index (χ0) is 45.8. The second-order valence-electron chi connectivity index (χ2n) is 17.9. The van der Waals surface area contributed by atoms with Crippen molar-refractivity contribution < 1.29 is 67.8 Å². The van der Waals surface area contributed by atoms with Crippen molar-refractivity contribution in [1.82, 2.24) is 5.32 Å². The Morgan fingerprint density at radius 1 is 0.841 bits per heavy atom. The smallest absolute Gasteiger partial charge is 0.338 e. The standard InChI is InChI=1S/C48H53NO14/c1-25-15-14-20-31(21-25)43(56)62-41-39-46(7,33(52)22-34-47(39,24-59-34)63-28(4)51)40(54)38(60-27(3)50)35-26(2)32(23-48(41,58)45(35,5)6)61-44(57)37(53)36(29-16-10-8-11-17-29)49-42(55)30-18-12-9-13-19-30/h8-21,32-34,36-39,41,52-53,58H,22-24H2,1-7H3,(H,49,55)/t32-,33-,34?,36-,37+,38+,39-,41-,46+,47-,48+/m0/s1. The van der Waals surface area contributed by atoms with Crippen LogP contribution in [0.2, 0.25) is 0 Å². The molecule has 4 N–H and O–H groups in total. The Balaban J connectivity index is 1.39. The number of hydrogen-bond donors (Lipinski definition) is 4. The highest BCUT2D eigenvalue weighted by Gasteiger charge is 2.78. The van der Waals surface area contributed by atoms with Crippen LogP contribution in [0.5, 0.6) is 0 Å². The molecule has 2 bridgehead atoms. The molecule has 1 unspecified atom stereocenters. The fourth-order valence-electron chi connectivity index (χ4n) is 10.4. The monoisotopic (exact) mass is 867 g/mol. The number of esters is 4. The number of amides is 1. The Morgan fingerprint density at radius 2 is 1.48 bits per heavy atom. The molecule has 0 radical (unpaired) electrons. The number of hydrogen-bond acceptors (Lipinski definition) is 14. The largest absolute Gasteiger partial charge is 0.456 e. The van der Waals surface area contributed by atoms with Crippen molar-refractivity contribution in [3.63, 3.8) is 0 Å². The van der Waals surface area contributed by atoms with Gasteiger partial charge >= 0.3 is 23.9 Å². The summed E-state index contributed by atoms with van der Waals surface area (Å²) in [7, 11) is 0. The van der Waals surface area contributed by atoms with Crippen LogP contribution in [0.25, 0.3) is 0 Å². The predicted octanol–water partition coefficient (Wildman–Crippen LogP) is 4.04. The third-order valence-electron chi connectivity index (χ3n) is 13.7. The van der Waals surface area contributed by atoms with E-state index in [4.69, 9.17) is 23.7 Å². The Bertz CT molecular complexity index is 2350. The molecular weight excluding hydrogens is 815 g/mol. The lowest BCUT2D eigenvalue weighted by Gasteiger charge is -2.67. The van der Waals surface area contributed by atoms with Gasteiger partial charge in [-0.05, 0) is 61.7 Å². The maximum Gasteiger partial charge on any atom is 0.338 e. The highest BCUT2D eigenvalue weighted by atomic mass is 16.6. The van der Waals surface area contributed by atoms with Crippen molar-refractivity contribution in [3.05, 3.63) is 118 Å². The zero-order valence-corrected chi connectivity index (χ0v) is 36.2. The Morgan fingerprint density at radius 3 is 2.06 bits per heavy atom. The van der Waals surface area contributed by atoms with E-state index < -0.39 is 113 Å². The van der Waals surface area contributed by atoms with Gasteiger partial charge in [-0.3, -0.25) is 19.2 Å². The molecule has 4 aliphatic rings. The minimum absolute atomic E-state index is 0.00210. The predicted molar refractivity (Wildman–Crippen MR) is 222 cm³/mol. The molecule has 334 valence electrons. The van der Waals surface area contributed by atoms with Crippen LogP contribution < -0.4 is 5.32 Å². The third-order valence-corrected chi connectivity index (χ3v) is 13.7. The van der Waals surface area contributed by atoms with Crippen molar-refractivity contribution in [2.45, 2.75) is 115 Å². The molecular formula is C48H53NO14. The van der Waals surface area contributed by atoms with Gasteiger partial charge in [0, 0.05) is 37.7 Å². The number of carbonyl (C=O) groups is 6. The average molecular weight is 868 g/mol. The van der Waals surface area contributed by atoms with Gasteiger partial charge in [0.25, 0.3) is 5.91 Å². The first-order valence-corrected chi connectivity index (χ1v) is 20.9. The summed E-state index contributed by atoms with van der Waals surface area (Å²) in [5.74, 6) is -6.83. The summed E-state index contributed by atoms with van der Waals surface area (Å²) in [5.41, 5.74) is -6.31. The van der Waals surface area contributed by atoms with Crippen LogP contribution in [0.3, 0.4) is 0 Å². The Kier molecular flexibility index (Phi) is 12.0. The van der Waals surface area contributed by atoms with E-state index in [1.54, 1.807) is 99.6 Å². The maximum atomic E-state index is 15.5. The normalized spacial score (nSPS) is 31.6. The van der Waals surface area contributed by atoms with Gasteiger partial charge in [-0.15, -0.1) is 0 Å². The number of aliphatic hydroxyl groups is 3. The first kappa shape index (κ1) is 45.3. The van der Waals surface area contributed by atoms with Crippen LogP contribution in [-0.4, -0.2) is 105 Å². The molecule has 0 aromatic heterocycles. The van der Waals surface area contributed by atoms with Gasteiger partial charge in [-0.1, -0.05) is 80.1 Å². The molecule has 63 heavy (non-hydrogen) atoms. The van der Waals surface area contributed by atoms with E-state index in [9.17, 15) is 39.3 Å². The molecule has 1 heterocycles. The third kappa shape index (κ3) is 7.64. The second kappa shape index (κ2) is 16.8. The first-order chi connectivity index (χ1) is 29.7. The molecule has 3 fully saturated rings. The number of nitrogens with one attached hydrogen (secondary N) is 1. The number of Topliss-reactive ketones (excluding diaryl/α,β-unsaturated/α-hetero) is 1. The minimum Gasteiger partial charge on any atom is -0.456 e. The summed E-state index contributed by atoms with van der Waals surface area (Å²) in [4.78, 5) is 83.8. The first-order valence-electron chi connectivity index (χ1n) is 20.9. The van der Waals surface area contributed by atoms with Gasteiger partial charge < -0.3 is 44.3 Å². The van der Waals surface area contributed by atoms with Gasteiger partial charge in [0.05, 0.1) is 35.6 Å². The van der Waals surface area contributed by atoms with Crippen molar-refractivity contribution in [2.24, 2.45) is 16.7 Å². The maximum absolute atomic E-state index is 15.5. The number of aliphatic hydroxyl groups excluding tert-OH is 2. The number of carbonyl (C=O) groups excluding carboxylic acids is 6. The van der Waals surface area contributed by atoms with Crippen molar-refractivity contribution in [1.29, 1.82) is 0 Å². The van der Waals surface area contributed by atoms with Crippen LogP contribution in [0.1, 0.15) is 92.3 Å². The summed E-state index contributed by atoms with van der Waals surface area (Å²) in [5, 5.41) is 40.4. The molecule has 1 amide bonds. The fourth-order valence-corrected chi connectivity index (χ4v) is 10.4. The molecule has 3 aromatic rings. The molecule has 15 nitrogen and oxygen atoms in total. The van der Waals surface area contributed by atoms with Crippen molar-refractivity contribution in [2.75, 3.05) is 6.61 Å². The summed E-state index contributed by atoms with van der Waals surface area (Å²) >= 11 is 0. The summed E-state index contributed by atoms with van der Waals surface area (Å²) in [6.45, 7) is 9.76. The molecule has 0 spiro atoms. The van der Waals surface area contributed by atoms with Crippen LogP contribution in [-0.2, 0) is 42.9 Å². The van der Waals surface area contributed by atoms with E-state index in [0.29, 0.717) is 11.1 Å². The van der Waals surface area contributed by atoms with Crippen LogP contribution in [0.15, 0.2) is 96.1 Å². The number of benzene rings is 3. The summed E-state index contributed by atoms with van der Waals surface area (Å²) in [6.07, 6.45) is -10.5. The van der Waals surface area contributed by atoms with Gasteiger partial charge in [-0.2, -0.15) is 0 Å². The quantitative estimate of drug-likeness (QED) is 0.128. The number of fused-ring (bicyclic) bond motifs is 5. The molecule has 1 aliphatic heterocycles. The number of ether oxygens (including phenoxy) is 5. The SMILES string of the molecule is CC(=O)O[C@H]1C(=O)[C@]2(C)[C@@H](O)CC3OC[C@@]3(OC(C)=O)[C@H]2[C@H](OC(=O)c2cccc(C)c2)[C@]2(O)C[C@H](OC(=O)[C@H](O)[C@@H](NC(=O)c3ccccc3)c3ccccc3)C(C)=C1C2(C)C. The topological polar surface area (TPSA) is 221 Å². The van der Waals surface area contributed by atoms with E-state index in [0.717, 1.165) is 13.8 Å². The van der Waals surface area contributed by atoms with E-state index in [1.165, 1.54) is 19.9 Å². The van der Waals surface area contributed by atoms with E-state index in [-0.39, 0.29) is 35.3 Å². The van der Waals surface area contributed by atoms with Gasteiger partial charge in [0.1, 0.15) is 23.9 Å². The lowest BCUT2D eigenvalue weighted by Crippen LogP contribution is -2.82. The lowest BCUT2D eigenvalue weighted by atomic mass is 9.44. The lowest BCUT2D eigenvalue weighted by molar-refractivity contribution is -0.346. The highest BCUT2D eigenvalue weighted by molar-refractivity contribution is 5.96. The Labute approximate surface area is 364 Å². The van der Waals surface area contributed by atoms with Gasteiger partial charge in [0.15, 0.2) is 23.6 Å². The molecule has 3 aromatic carbocycles. The number of rotatable bonds is 10. The van der Waals surface area contributed by atoms with Crippen LogP contribution in [0.4, 0.5) is 0 Å². The molecule has 3 aliphatic carbocycles. The van der Waals surface area contributed by atoms with Crippen molar-refractivity contribution >= 4 is 35.6 Å². The average Bonchev–Trinajstić information content (AvgIpc) is 3.23. The summed E-state index contributed by atoms with van der Waals surface area (Å²) in [6, 6.07) is 21.6. The van der Waals surface area contributed by atoms with Gasteiger partial charge in [-0.25, -0.2) is 9.59 Å². The number of ketones is 1. The van der Waals surface area contributed by atoms with Crippen LogP contribution >= 0.6 is 0 Å². The summed E-state index contributed by atoms with van der Waals surface area (Å²) < 4.78 is 30.4. The Hall–Kier alpha value is -5.74. The van der Waals surface area contributed by atoms with E-state index in [1.807, 2.05) is 0 Å². The highest BCUT2D eigenvalue weighted by Crippen LogP contribution is 2.64.